The zero-order chi connectivity index (χ0) is 28.6. The van der Waals surface area contributed by atoms with Crippen molar-refractivity contribution in [2.75, 3.05) is 32.2 Å². The predicted molar refractivity (Wildman–Crippen MR) is 148 cm³/mol. The number of rotatable bonds is 8. The van der Waals surface area contributed by atoms with E-state index in [-0.39, 0.29) is 51.4 Å². The van der Waals surface area contributed by atoms with Gasteiger partial charge in [0.15, 0.2) is 21.3 Å². The van der Waals surface area contributed by atoms with E-state index in [9.17, 15) is 12.8 Å². The van der Waals surface area contributed by atoms with Gasteiger partial charge >= 0.3 is 0 Å². The third kappa shape index (κ3) is 5.68. The van der Waals surface area contributed by atoms with Crippen molar-refractivity contribution in [3.8, 4) is 34.3 Å². The first kappa shape index (κ1) is 27.7. The van der Waals surface area contributed by atoms with Crippen LogP contribution in [0.4, 0.5) is 10.2 Å². The summed E-state index contributed by atoms with van der Waals surface area (Å²) in [6.45, 7) is 2.41. The smallest absolute Gasteiger partial charge is 0.270 e. The lowest BCUT2D eigenvalue weighted by Gasteiger charge is -2.12. The van der Waals surface area contributed by atoms with Gasteiger partial charge in [0.25, 0.3) is 11.8 Å². The van der Waals surface area contributed by atoms with Gasteiger partial charge in [-0.3, -0.25) is 0 Å². The fraction of sp³-hybridized carbons (Fsp3) is 0.333. The van der Waals surface area contributed by atoms with Crippen LogP contribution in [0, 0.1) is 5.82 Å². The topological polar surface area (TPSA) is 155 Å². The third-order valence-electron chi connectivity index (χ3n) is 7.08. The highest BCUT2D eigenvalue weighted by Gasteiger charge is 2.33. The van der Waals surface area contributed by atoms with Crippen LogP contribution < -0.4 is 11.1 Å². The molecular weight excluding hydrogens is 575 g/mol. The Labute approximate surface area is 240 Å². The first-order chi connectivity index (χ1) is 19.8. The zero-order valence-corrected chi connectivity index (χ0v) is 23.3. The van der Waals surface area contributed by atoms with Crippen molar-refractivity contribution >= 4 is 27.3 Å². The van der Waals surface area contributed by atoms with Gasteiger partial charge in [-0.05, 0) is 42.7 Å². The molecule has 2 aromatic heterocycles. The highest BCUT2D eigenvalue weighted by Crippen LogP contribution is 2.33. The summed E-state index contributed by atoms with van der Waals surface area (Å²) < 4.78 is 57.2. The molecule has 2 aliphatic rings. The second-order valence-electron chi connectivity index (χ2n) is 9.83. The Balaban J connectivity index is 1.23. The molecule has 2 fully saturated rings. The molecule has 0 bridgehead atoms. The number of sulfone groups is 1. The average molecular weight is 601 g/mol. The van der Waals surface area contributed by atoms with Crippen LogP contribution in [-0.4, -0.2) is 66.3 Å². The van der Waals surface area contributed by atoms with E-state index in [1.54, 1.807) is 18.2 Å². The second-order valence-corrected chi connectivity index (χ2v) is 12.4. The monoisotopic (exact) mass is 600 g/mol. The minimum atomic E-state index is -3.65. The number of nitrogen functional groups attached to an aromatic ring is 1. The van der Waals surface area contributed by atoms with Crippen molar-refractivity contribution in [2.45, 2.75) is 35.6 Å². The summed E-state index contributed by atoms with van der Waals surface area (Å²) in [7, 11) is -3.65. The number of hydrogen-bond donors (Lipinski definition) is 2. The van der Waals surface area contributed by atoms with E-state index >= 15 is 0 Å². The number of nitrogens with two attached hydrogens (primary N) is 1. The number of ether oxygens (including phenoxy) is 2. The predicted octanol–water partition coefficient (Wildman–Crippen LogP) is 3.68. The molecular formula is C27H26ClFN6O5S. The summed E-state index contributed by atoms with van der Waals surface area (Å²) in [5, 5.41) is 10.8. The molecule has 3 N–H and O–H groups in total. The number of anilines is 1. The number of benzene rings is 2. The summed E-state index contributed by atoms with van der Waals surface area (Å²) >= 11 is 6.40. The van der Waals surface area contributed by atoms with Gasteiger partial charge in [0.05, 0.1) is 45.8 Å². The minimum Gasteiger partial charge on any atom is -0.414 e. The molecule has 2 aliphatic heterocycles. The lowest BCUT2D eigenvalue weighted by Crippen LogP contribution is -2.28. The number of halogens is 2. The summed E-state index contributed by atoms with van der Waals surface area (Å²) in [5.74, 6) is -0.580. The van der Waals surface area contributed by atoms with Crippen LogP contribution >= 0.6 is 11.6 Å². The molecule has 4 heterocycles. The molecule has 214 valence electrons. The molecule has 2 aromatic carbocycles. The van der Waals surface area contributed by atoms with Gasteiger partial charge in [0.1, 0.15) is 5.82 Å². The van der Waals surface area contributed by atoms with E-state index in [2.05, 4.69) is 25.5 Å². The van der Waals surface area contributed by atoms with Gasteiger partial charge in [-0.2, -0.15) is 0 Å². The van der Waals surface area contributed by atoms with Crippen LogP contribution in [0.5, 0.6) is 0 Å². The maximum absolute atomic E-state index is 15.0. The minimum absolute atomic E-state index is 0.0215. The van der Waals surface area contributed by atoms with Gasteiger partial charge < -0.3 is 24.9 Å². The molecule has 41 heavy (non-hydrogen) atoms. The van der Waals surface area contributed by atoms with E-state index in [1.807, 2.05) is 0 Å². The van der Waals surface area contributed by atoms with E-state index in [0.717, 1.165) is 18.6 Å². The van der Waals surface area contributed by atoms with Crippen molar-refractivity contribution in [3.05, 3.63) is 59.0 Å². The lowest BCUT2D eigenvalue weighted by molar-refractivity contribution is 0.190. The largest absolute Gasteiger partial charge is 0.414 e. The van der Waals surface area contributed by atoms with Crippen LogP contribution in [0.3, 0.4) is 0 Å². The maximum Gasteiger partial charge on any atom is 0.270 e. The average Bonchev–Trinajstić information content (AvgIpc) is 3.75. The van der Waals surface area contributed by atoms with Crippen molar-refractivity contribution in [3.63, 3.8) is 0 Å². The molecule has 0 amide bonds. The van der Waals surface area contributed by atoms with Crippen LogP contribution in [-0.2, 0) is 25.9 Å². The van der Waals surface area contributed by atoms with Crippen molar-refractivity contribution in [1.29, 1.82) is 0 Å². The second kappa shape index (κ2) is 11.4. The molecule has 14 heteroatoms. The van der Waals surface area contributed by atoms with Crippen LogP contribution in [0.25, 0.3) is 34.3 Å². The number of hydrogen-bond acceptors (Lipinski definition) is 11. The molecule has 2 atom stereocenters. The summed E-state index contributed by atoms with van der Waals surface area (Å²) in [6, 6.07) is 9.57. The summed E-state index contributed by atoms with van der Waals surface area (Å²) in [4.78, 5) is 8.71. The van der Waals surface area contributed by atoms with E-state index in [4.69, 9.17) is 31.2 Å². The summed E-state index contributed by atoms with van der Waals surface area (Å²) in [5.41, 5.74) is 7.91. The summed E-state index contributed by atoms with van der Waals surface area (Å²) in [6.07, 6.45) is 2.76. The molecule has 0 aliphatic carbocycles. The maximum atomic E-state index is 15.0. The van der Waals surface area contributed by atoms with Crippen molar-refractivity contribution in [2.24, 2.45) is 0 Å². The Morgan fingerprint density at radius 3 is 2.59 bits per heavy atom. The molecule has 6 rings (SSSR count). The first-order valence-corrected chi connectivity index (χ1v) is 14.9. The van der Waals surface area contributed by atoms with Gasteiger partial charge in [-0.25, -0.2) is 22.8 Å². The molecule has 0 radical (unpaired) electrons. The molecule has 11 nitrogen and oxygen atoms in total. The normalized spacial score (nSPS) is 19.2. The Kier molecular flexibility index (Phi) is 7.70. The Morgan fingerprint density at radius 1 is 1.05 bits per heavy atom. The Bertz CT molecular complexity index is 1690. The van der Waals surface area contributed by atoms with Crippen LogP contribution in [0.1, 0.15) is 18.4 Å². The van der Waals surface area contributed by atoms with E-state index < -0.39 is 20.9 Å². The number of nitrogens with zero attached hydrogens (tertiary/aromatic N) is 4. The lowest BCUT2D eigenvalue weighted by atomic mass is 10.1. The first-order valence-electron chi connectivity index (χ1n) is 13.0. The molecule has 2 saturated heterocycles. The standard InChI is InChI=1S/C27H26ClFN6O5S/c28-20-10-16(2-4-23(20)41(36,37)18-6-8-39-14-18)22-12-32-25(30)24(33-22)27-35-34-26(40-27)19-3-1-15(9-21(19)29)11-31-17-5-7-38-13-17/h1-4,9-10,12,17-18,31H,5-8,11,13-14H2,(H2,30,32). The van der Waals surface area contributed by atoms with Crippen LogP contribution in [0.2, 0.25) is 5.02 Å². The van der Waals surface area contributed by atoms with Crippen molar-refractivity contribution < 1.29 is 26.7 Å². The van der Waals surface area contributed by atoms with Gasteiger partial charge in [0, 0.05) is 31.4 Å². The molecule has 0 saturated carbocycles. The van der Waals surface area contributed by atoms with E-state index in [1.165, 1.54) is 24.4 Å². The van der Waals surface area contributed by atoms with E-state index in [0.29, 0.717) is 37.4 Å². The fourth-order valence-corrected chi connectivity index (χ4v) is 6.88. The van der Waals surface area contributed by atoms with Crippen LogP contribution in [0.15, 0.2) is 51.9 Å². The Hall–Kier alpha value is -3.49. The molecule has 2 unspecified atom stereocenters. The SMILES string of the molecule is Nc1ncc(-c2ccc(S(=O)(=O)C3CCOC3)c(Cl)c2)nc1-c1nnc(-c2ccc(CNC3CCOC3)cc2F)o1. The molecule has 0 spiro atoms. The van der Waals surface area contributed by atoms with Crippen molar-refractivity contribution in [1.82, 2.24) is 25.5 Å². The number of aromatic nitrogens is 4. The number of nitrogens with one attached hydrogen (secondary N) is 1. The molecule has 4 aromatic rings. The van der Waals surface area contributed by atoms with Gasteiger partial charge in [0.2, 0.25) is 0 Å². The third-order valence-corrected chi connectivity index (χ3v) is 9.72. The fourth-order valence-electron chi connectivity index (χ4n) is 4.75. The Morgan fingerprint density at radius 2 is 1.85 bits per heavy atom. The highest BCUT2D eigenvalue weighted by atomic mass is 35.5. The zero-order valence-electron chi connectivity index (χ0n) is 21.7. The quantitative estimate of drug-likeness (QED) is 0.304. The highest BCUT2D eigenvalue weighted by molar-refractivity contribution is 7.92. The van der Waals surface area contributed by atoms with Gasteiger partial charge in [-0.15, -0.1) is 10.2 Å². The van der Waals surface area contributed by atoms with Gasteiger partial charge in [-0.1, -0.05) is 23.7 Å².